The van der Waals surface area contributed by atoms with Crippen LogP contribution in [0.2, 0.25) is 0 Å². The quantitative estimate of drug-likeness (QED) is 0.800. The van der Waals surface area contributed by atoms with Crippen molar-refractivity contribution >= 4 is 11.6 Å². The first kappa shape index (κ1) is 16.6. The standard InChI is InChI=1S/C18H23N3O3/c1-3-24-18(23)14-7-5-8-20(11-14)12-15-10-16(22)21-9-4-6-13(2)17(21)19-15/h4,6,9-10,14H,3,5,7-8,11-12H2,1-2H3. The minimum Gasteiger partial charge on any atom is -0.466 e. The van der Waals surface area contributed by atoms with E-state index in [1.807, 2.05) is 26.0 Å². The zero-order chi connectivity index (χ0) is 17.1. The molecule has 0 aromatic carbocycles. The van der Waals surface area contributed by atoms with Crippen molar-refractivity contribution in [3.63, 3.8) is 0 Å². The van der Waals surface area contributed by atoms with Crippen LogP contribution >= 0.6 is 0 Å². The van der Waals surface area contributed by atoms with Crippen LogP contribution < -0.4 is 5.56 Å². The number of aromatic nitrogens is 2. The van der Waals surface area contributed by atoms with Gasteiger partial charge in [0.15, 0.2) is 0 Å². The first-order valence-corrected chi connectivity index (χ1v) is 8.45. The largest absolute Gasteiger partial charge is 0.466 e. The molecule has 0 radical (unpaired) electrons. The molecule has 1 saturated heterocycles. The van der Waals surface area contributed by atoms with Gasteiger partial charge in [-0.1, -0.05) is 6.07 Å². The number of ether oxygens (including phenoxy) is 1. The molecule has 0 bridgehead atoms. The van der Waals surface area contributed by atoms with Crippen molar-refractivity contribution in [2.45, 2.75) is 33.2 Å². The fourth-order valence-electron chi connectivity index (χ4n) is 3.27. The number of pyridine rings is 1. The molecule has 0 amide bonds. The Kier molecular flexibility index (Phi) is 4.94. The number of hydrogen-bond donors (Lipinski definition) is 0. The summed E-state index contributed by atoms with van der Waals surface area (Å²) in [4.78, 5) is 31.1. The van der Waals surface area contributed by atoms with Gasteiger partial charge in [0.05, 0.1) is 18.2 Å². The van der Waals surface area contributed by atoms with Gasteiger partial charge in [0.25, 0.3) is 5.56 Å². The van der Waals surface area contributed by atoms with Crippen LogP contribution in [0, 0.1) is 12.8 Å². The normalized spacial score (nSPS) is 18.7. The van der Waals surface area contributed by atoms with E-state index in [0.717, 1.165) is 30.6 Å². The van der Waals surface area contributed by atoms with Gasteiger partial charge in [0.1, 0.15) is 5.65 Å². The molecule has 2 aromatic heterocycles. The summed E-state index contributed by atoms with van der Waals surface area (Å²) in [5.41, 5.74) is 2.34. The van der Waals surface area contributed by atoms with E-state index in [4.69, 9.17) is 4.74 Å². The third-order valence-electron chi connectivity index (χ3n) is 4.45. The van der Waals surface area contributed by atoms with Crippen LogP contribution in [-0.2, 0) is 16.1 Å². The van der Waals surface area contributed by atoms with Gasteiger partial charge in [-0.3, -0.25) is 18.9 Å². The zero-order valence-electron chi connectivity index (χ0n) is 14.2. The lowest BCUT2D eigenvalue weighted by Gasteiger charge is -2.31. The van der Waals surface area contributed by atoms with Crippen molar-refractivity contribution in [2.24, 2.45) is 5.92 Å². The van der Waals surface area contributed by atoms with E-state index in [1.54, 1.807) is 16.7 Å². The summed E-state index contributed by atoms with van der Waals surface area (Å²) in [7, 11) is 0. The van der Waals surface area contributed by atoms with Crippen molar-refractivity contribution in [1.82, 2.24) is 14.3 Å². The fourth-order valence-corrected chi connectivity index (χ4v) is 3.27. The number of carbonyl (C=O) groups excluding carboxylic acids is 1. The van der Waals surface area contributed by atoms with Gasteiger partial charge in [0.2, 0.25) is 0 Å². The molecule has 24 heavy (non-hydrogen) atoms. The van der Waals surface area contributed by atoms with E-state index >= 15 is 0 Å². The summed E-state index contributed by atoms with van der Waals surface area (Å²) < 4.78 is 6.70. The number of aryl methyl sites for hydroxylation is 1. The van der Waals surface area contributed by atoms with Crippen molar-refractivity contribution < 1.29 is 9.53 Å². The highest BCUT2D eigenvalue weighted by Gasteiger charge is 2.27. The Morgan fingerprint density at radius 1 is 1.46 bits per heavy atom. The van der Waals surface area contributed by atoms with Gasteiger partial charge in [-0.05, 0) is 44.9 Å². The minimum absolute atomic E-state index is 0.0716. The van der Waals surface area contributed by atoms with Crippen LogP contribution in [0.4, 0.5) is 0 Å². The fraction of sp³-hybridized carbons (Fsp3) is 0.500. The smallest absolute Gasteiger partial charge is 0.310 e. The lowest BCUT2D eigenvalue weighted by atomic mass is 9.98. The lowest BCUT2D eigenvalue weighted by molar-refractivity contribution is -0.150. The summed E-state index contributed by atoms with van der Waals surface area (Å²) in [6, 6.07) is 5.38. The molecule has 3 heterocycles. The second kappa shape index (κ2) is 7.13. The highest BCUT2D eigenvalue weighted by molar-refractivity contribution is 5.72. The molecule has 1 unspecified atom stereocenters. The Bertz CT molecular complexity index is 800. The van der Waals surface area contributed by atoms with Crippen molar-refractivity contribution in [1.29, 1.82) is 0 Å². The maximum atomic E-state index is 12.3. The number of nitrogens with zero attached hydrogens (tertiary/aromatic N) is 3. The number of likely N-dealkylation sites (tertiary alicyclic amines) is 1. The van der Waals surface area contributed by atoms with E-state index in [2.05, 4.69) is 9.88 Å². The zero-order valence-corrected chi connectivity index (χ0v) is 14.2. The van der Waals surface area contributed by atoms with Crippen LogP contribution in [0.15, 0.2) is 29.2 Å². The van der Waals surface area contributed by atoms with Crippen LogP contribution in [-0.4, -0.2) is 40.0 Å². The molecule has 0 spiro atoms. The third kappa shape index (κ3) is 3.48. The molecule has 6 heteroatoms. The summed E-state index contributed by atoms with van der Waals surface area (Å²) in [5.74, 6) is -0.202. The minimum atomic E-state index is -0.121. The Labute approximate surface area is 141 Å². The van der Waals surface area contributed by atoms with Gasteiger partial charge >= 0.3 is 5.97 Å². The Balaban J connectivity index is 1.78. The van der Waals surface area contributed by atoms with Crippen LogP contribution in [0.3, 0.4) is 0 Å². The predicted molar refractivity (Wildman–Crippen MR) is 90.8 cm³/mol. The maximum absolute atomic E-state index is 12.3. The topological polar surface area (TPSA) is 63.9 Å². The Morgan fingerprint density at radius 3 is 3.08 bits per heavy atom. The van der Waals surface area contributed by atoms with E-state index in [0.29, 0.717) is 25.3 Å². The van der Waals surface area contributed by atoms with Crippen LogP contribution in [0.5, 0.6) is 0 Å². The van der Waals surface area contributed by atoms with E-state index < -0.39 is 0 Å². The SMILES string of the molecule is CCOC(=O)C1CCCN(Cc2cc(=O)n3cccc(C)c3n2)C1. The molecular weight excluding hydrogens is 306 g/mol. The number of piperidine rings is 1. The van der Waals surface area contributed by atoms with Gasteiger partial charge in [-0.2, -0.15) is 0 Å². The van der Waals surface area contributed by atoms with Crippen LogP contribution in [0.25, 0.3) is 5.65 Å². The molecule has 1 aliphatic rings. The number of carbonyl (C=O) groups is 1. The number of esters is 1. The van der Waals surface area contributed by atoms with Gasteiger partial charge < -0.3 is 4.74 Å². The Hall–Kier alpha value is -2.21. The molecule has 0 saturated carbocycles. The predicted octanol–water partition coefficient (Wildman–Crippen LogP) is 1.78. The molecule has 2 aromatic rings. The Morgan fingerprint density at radius 2 is 2.29 bits per heavy atom. The molecule has 3 rings (SSSR count). The van der Waals surface area contributed by atoms with Gasteiger partial charge in [0, 0.05) is 25.4 Å². The highest BCUT2D eigenvalue weighted by Crippen LogP contribution is 2.19. The summed E-state index contributed by atoms with van der Waals surface area (Å²) >= 11 is 0. The number of rotatable bonds is 4. The van der Waals surface area contributed by atoms with E-state index in [9.17, 15) is 9.59 Å². The van der Waals surface area contributed by atoms with Crippen LogP contribution in [0.1, 0.15) is 31.0 Å². The second-order valence-corrected chi connectivity index (χ2v) is 6.30. The van der Waals surface area contributed by atoms with E-state index in [-0.39, 0.29) is 17.4 Å². The van der Waals surface area contributed by atoms with Gasteiger partial charge in [-0.15, -0.1) is 0 Å². The average Bonchev–Trinajstić information content (AvgIpc) is 2.56. The number of fused-ring (bicyclic) bond motifs is 1. The third-order valence-corrected chi connectivity index (χ3v) is 4.45. The molecular formula is C18H23N3O3. The summed E-state index contributed by atoms with van der Waals surface area (Å²) in [6.45, 7) is 6.34. The summed E-state index contributed by atoms with van der Waals surface area (Å²) in [6.07, 6.45) is 3.55. The molecule has 128 valence electrons. The molecule has 0 N–H and O–H groups in total. The van der Waals surface area contributed by atoms with Crippen molar-refractivity contribution in [2.75, 3.05) is 19.7 Å². The lowest BCUT2D eigenvalue weighted by Crippen LogP contribution is -2.39. The van der Waals surface area contributed by atoms with Gasteiger partial charge in [-0.25, -0.2) is 4.98 Å². The number of hydrogen-bond acceptors (Lipinski definition) is 5. The van der Waals surface area contributed by atoms with Crippen molar-refractivity contribution in [3.05, 3.63) is 46.0 Å². The molecule has 6 nitrogen and oxygen atoms in total. The molecule has 0 aliphatic carbocycles. The molecule has 1 fully saturated rings. The van der Waals surface area contributed by atoms with E-state index in [1.165, 1.54) is 0 Å². The second-order valence-electron chi connectivity index (χ2n) is 6.30. The maximum Gasteiger partial charge on any atom is 0.310 e. The highest BCUT2D eigenvalue weighted by atomic mass is 16.5. The first-order chi connectivity index (χ1) is 11.6. The average molecular weight is 329 g/mol. The molecule has 1 atom stereocenters. The first-order valence-electron chi connectivity index (χ1n) is 8.45. The van der Waals surface area contributed by atoms with Crippen molar-refractivity contribution in [3.8, 4) is 0 Å². The monoisotopic (exact) mass is 329 g/mol. The molecule has 1 aliphatic heterocycles. The summed E-state index contributed by atoms with van der Waals surface area (Å²) in [5, 5.41) is 0.